The maximum absolute atomic E-state index is 14.0. The van der Waals surface area contributed by atoms with Gasteiger partial charge in [-0.1, -0.05) is 36.3 Å². The van der Waals surface area contributed by atoms with E-state index in [0.717, 1.165) is 5.56 Å². The standard InChI is InChI=1S/C29H24F2N2O4/c1-3-20-14-19(10-12-24(20)31)17-37-28(34)26-25(13-11-18-6-4-9-23(15-18)36-2)32-29(35)33-27(26)21-7-5-8-22(30)16-21/h1,4-10,12,14-16,27H,11,13,17H2,2H3,(H2,32,33,35). The van der Waals surface area contributed by atoms with Gasteiger partial charge in [0.15, 0.2) is 0 Å². The smallest absolute Gasteiger partial charge is 0.338 e. The van der Waals surface area contributed by atoms with E-state index in [0.29, 0.717) is 35.4 Å². The summed E-state index contributed by atoms with van der Waals surface area (Å²) in [5, 5.41) is 5.40. The largest absolute Gasteiger partial charge is 0.497 e. The van der Waals surface area contributed by atoms with Crippen molar-refractivity contribution in [2.45, 2.75) is 25.5 Å². The molecule has 1 aliphatic heterocycles. The predicted molar refractivity (Wildman–Crippen MR) is 133 cm³/mol. The number of ether oxygens (including phenoxy) is 2. The summed E-state index contributed by atoms with van der Waals surface area (Å²) in [7, 11) is 1.57. The Hall–Kier alpha value is -4.64. The number of methoxy groups -OCH3 is 1. The van der Waals surface area contributed by atoms with Crippen molar-refractivity contribution in [3.63, 3.8) is 0 Å². The number of rotatable bonds is 8. The van der Waals surface area contributed by atoms with Gasteiger partial charge in [0, 0.05) is 5.70 Å². The topological polar surface area (TPSA) is 76.7 Å². The highest BCUT2D eigenvalue weighted by molar-refractivity contribution is 5.95. The number of halogens is 2. The van der Waals surface area contributed by atoms with Crippen LogP contribution in [0, 0.1) is 24.0 Å². The first kappa shape index (κ1) is 25.5. The van der Waals surface area contributed by atoms with Gasteiger partial charge in [-0.2, -0.15) is 0 Å². The highest BCUT2D eigenvalue weighted by Gasteiger charge is 2.34. The number of carbonyl (C=O) groups is 2. The van der Waals surface area contributed by atoms with Crippen molar-refractivity contribution in [3.8, 4) is 18.1 Å². The third-order valence-electron chi connectivity index (χ3n) is 5.91. The first-order valence-electron chi connectivity index (χ1n) is 11.5. The van der Waals surface area contributed by atoms with E-state index in [4.69, 9.17) is 15.9 Å². The monoisotopic (exact) mass is 502 g/mol. The van der Waals surface area contributed by atoms with Crippen molar-refractivity contribution >= 4 is 12.0 Å². The van der Waals surface area contributed by atoms with Gasteiger partial charge in [-0.25, -0.2) is 18.4 Å². The SMILES string of the molecule is C#Cc1cc(COC(=O)C2=C(CCc3cccc(OC)c3)NC(=O)NC2c2cccc(F)c2)ccc1F. The molecule has 6 nitrogen and oxygen atoms in total. The summed E-state index contributed by atoms with van der Waals surface area (Å²) in [6, 6.07) is 15.7. The number of urea groups is 1. The summed E-state index contributed by atoms with van der Waals surface area (Å²) in [6.07, 6.45) is 6.12. The van der Waals surface area contributed by atoms with Crippen LogP contribution >= 0.6 is 0 Å². The molecule has 2 amide bonds. The molecule has 1 unspecified atom stereocenters. The first-order valence-corrected chi connectivity index (χ1v) is 11.5. The molecule has 0 bridgehead atoms. The Labute approximate surface area is 213 Å². The fourth-order valence-electron chi connectivity index (χ4n) is 4.09. The fourth-order valence-corrected chi connectivity index (χ4v) is 4.09. The molecule has 1 heterocycles. The minimum atomic E-state index is -0.938. The maximum Gasteiger partial charge on any atom is 0.338 e. The molecule has 188 valence electrons. The second kappa shape index (κ2) is 11.4. The van der Waals surface area contributed by atoms with Gasteiger partial charge >= 0.3 is 12.0 Å². The Bertz CT molecular complexity index is 1410. The van der Waals surface area contributed by atoms with E-state index in [1.807, 2.05) is 24.3 Å². The van der Waals surface area contributed by atoms with E-state index in [9.17, 15) is 18.4 Å². The molecule has 0 aromatic heterocycles. The summed E-state index contributed by atoms with van der Waals surface area (Å²) in [5.74, 6) is 1.16. The number of esters is 1. The molecule has 2 N–H and O–H groups in total. The van der Waals surface area contributed by atoms with E-state index in [2.05, 4.69) is 16.6 Å². The molecular weight excluding hydrogens is 478 g/mol. The number of nitrogens with one attached hydrogen (secondary N) is 2. The van der Waals surface area contributed by atoms with Crippen LogP contribution in [0.15, 0.2) is 78.0 Å². The third kappa shape index (κ3) is 6.14. The summed E-state index contributed by atoms with van der Waals surface area (Å²) in [6.45, 7) is -0.176. The molecule has 0 radical (unpaired) electrons. The lowest BCUT2D eigenvalue weighted by Crippen LogP contribution is -2.46. The van der Waals surface area contributed by atoms with Crippen LogP contribution in [0.3, 0.4) is 0 Å². The van der Waals surface area contributed by atoms with Crippen LogP contribution in [-0.4, -0.2) is 19.1 Å². The molecule has 3 aromatic rings. The molecule has 0 spiro atoms. The molecule has 1 atom stereocenters. The molecule has 0 saturated carbocycles. The Morgan fingerprint density at radius 2 is 1.84 bits per heavy atom. The number of amides is 2. The van der Waals surface area contributed by atoms with Crippen LogP contribution in [-0.2, 0) is 22.6 Å². The highest BCUT2D eigenvalue weighted by atomic mass is 19.1. The lowest BCUT2D eigenvalue weighted by atomic mass is 9.93. The Kier molecular flexibility index (Phi) is 7.84. The van der Waals surface area contributed by atoms with E-state index in [-0.39, 0.29) is 17.7 Å². The lowest BCUT2D eigenvalue weighted by Gasteiger charge is -2.29. The molecule has 1 aliphatic rings. The van der Waals surface area contributed by atoms with Crippen molar-refractivity contribution in [2.24, 2.45) is 0 Å². The van der Waals surface area contributed by atoms with Crippen molar-refractivity contribution in [1.82, 2.24) is 10.6 Å². The van der Waals surface area contributed by atoms with Crippen LogP contribution in [0.2, 0.25) is 0 Å². The molecule has 37 heavy (non-hydrogen) atoms. The van der Waals surface area contributed by atoms with Crippen molar-refractivity contribution in [1.29, 1.82) is 0 Å². The molecule has 0 fully saturated rings. The van der Waals surface area contributed by atoms with E-state index in [1.54, 1.807) is 13.2 Å². The Morgan fingerprint density at radius 3 is 2.59 bits per heavy atom. The highest BCUT2D eigenvalue weighted by Crippen LogP contribution is 2.30. The van der Waals surface area contributed by atoms with Crippen LogP contribution in [0.4, 0.5) is 13.6 Å². The molecule has 0 saturated heterocycles. The van der Waals surface area contributed by atoms with E-state index in [1.165, 1.54) is 36.4 Å². The summed E-state index contributed by atoms with van der Waals surface area (Å²) in [4.78, 5) is 25.9. The number of terminal acetylenes is 1. The minimum absolute atomic E-state index is 0.0518. The number of carbonyl (C=O) groups excluding carboxylic acids is 2. The van der Waals surface area contributed by atoms with Gasteiger partial charge in [-0.05, 0) is 65.9 Å². The van der Waals surface area contributed by atoms with E-state index < -0.39 is 29.7 Å². The number of aryl methyl sites for hydroxylation is 1. The fraction of sp³-hybridized carbons (Fsp3) is 0.172. The van der Waals surface area contributed by atoms with Gasteiger partial charge in [-0.3, -0.25) is 0 Å². The van der Waals surface area contributed by atoms with Crippen molar-refractivity contribution in [2.75, 3.05) is 7.11 Å². The molecule has 0 aliphatic carbocycles. The number of hydrogen-bond acceptors (Lipinski definition) is 4. The first-order chi connectivity index (χ1) is 17.9. The summed E-state index contributed by atoms with van der Waals surface area (Å²) < 4.78 is 38.6. The predicted octanol–water partition coefficient (Wildman–Crippen LogP) is 4.94. The average molecular weight is 503 g/mol. The average Bonchev–Trinajstić information content (AvgIpc) is 2.91. The Morgan fingerprint density at radius 1 is 1.03 bits per heavy atom. The van der Waals surface area contributed by atoms with Gasteiger partial charge in [0.25, 0.3) is 0 Å². The minimum Gasteiger partial charge on any atom is -0.497 e. The third-order valence-corrected chi connectivity index (χ3v) is 5.91. The quantitative estimate of drug-likeness (QED) is 0.338. The lowest BCUT2D eigenvalue weighted by molar-refractivity contribution is -0.140. The van der Waals surface area contributed by atoms with Gasteiger partial charge in [-0.15, -0.1) is 6.42 Å². The maximum atomic E-state index is 14.0. The van der Waals surface area contributed by atoms with Gasteiger partial charge in [0.05, 0.1) is 24.3 Å². The molecular formula is C29H24F2N2O4. The van der Waals surface area contributed by atoms with Crippen molar-refractivity contribution in [3.05, 3.63) is 112 Å². The zero-order valence-corrected chi connectivity index (χ0v) is 20.0. The van der Waals surface area contributed by atoms with E-state index >= 15 is 0 Å². The molecule has 8 heteroatoms. The normalized spacial score (nSPS) is 14.9. The van der Waals surface area contributed by atoms with Crippen LogP contribution in [0.25, 0.3) is 0 Å². The summed E-state index contributed by atoms with van der Waals surface area (Å²) in [5.41, 5.74) is 2.37. The number of hydrogen-bond donors (Lipinski definition) is 2. The summed E-state index contributed by atoms with van der Waals surface area (Å²) >= 11 is 0. The van der Waals surface area contributed by atoms with Crippen molar-refractivity contribution < 1.29 is 27.8 Å². The van der Waals surface area contributed by atoms with Crippen LogP contribution in [0.1, 0.15) is 34.7 Å². The molecule has 4 rings (SSSR count). The van der Waals surface area contributed by atoms with Gasteiger partial charge in [0.2, 0.25) is 0 Å². The second-order valence-corrected chi connectivity index (χ2v) is 8.36. The van der Waals surface area contributed by atoms with Gasteiger partial charge < -0.3 is 20.1 Å². The van der Waals surface area contributed by atoms with Crippen LogP contribution in [0.5, 0.6) is 5.75 Å². The zero-order valence-electron chi connectivity index (χ0n) is 20.0. The van der Waals surface area contributed by atoms with Gasteiger partial charge in [0.1, 0.15) is 24.0 Å². The number of allylic oxidation sites excluding steroid dienone is 1. The van der Waals surface area contributed by atoms with Crippen LogP contribution < -0.4 is 15.4 Å². The second-order valence-electron chi connectivity index (χ2n) is 8.36. The number of benzene rings is 3. The Balaban J connectivity index is 1.65. The molecule has 3 aromatic carbocycles. The zero-order chi connectivity index (χ0) is 26.4.